The summed E-state index contributed by atoms with van der Waals surface area (Å²) in [6.45, 7) is 8.53. The minimum atomic E-state index is 0.188. The van der Waals surface area contributed by atoms with Gasteiger partial charge in [-0.2, -0.15) is 0 Å². The van der Waals surface area contributed by atoms with Gasteiger partial charge in [0.05, 0.1) is 6.54 Å². The van der Waals surface area contributed by atoms with E-state index in [0.717, 1.165) is 38.2 Å². The number of ketones is 1. The first kappa shape index (κ1) is 16.2. The molecular formula is C17H29N3O. The molecule has 1 aliphatic carbocycles. The van der Waals surface area contributed by atoms with Gasteiger partial charge in [0, 0.05) is 38.3 Å². The van der Waals surface area contributed by atoms with Crippen LogP contribution in [0.25, 0.3) is 0 Å². The number of carbonyl (C=O) groups excluding carboxylic acids is 1. The minimum Gasteiger partial charge on any atom is -0.337 e. The van der Waals surface area contributed by atoms with E-state index in [4.69, 9.17) is 0 Å². The van der Waals surface area contributed by atoms with Crippen molar-refractivity contribution in [2.75, 3.05) is 13.6 Å². The van der Waals surface area contributed by atoms with Crippen molar-refractivity contribution in [2.24, 2.45) is 24.3 Å². The summed E-state index contributed by atoms with van der Waals surface area (Å²) < 4.78 is 2.04. The average molecular weight is 291 g/mol. The van der Waals surface area contributed by atoms with Crippen molar-refractivity contribution >= 4 is 5.78 Å². The summed E-state index contributed by atoms with van der Waals surface area (Å²) in [7, 11) is 4.10. The van der Waals surface area contributed by atoms with E-state index in [0.29, 0.717) is 17.1 Å². The molecule has 0 aliphatic heterocycles. The standard InChI is InChI=1S/C17H29N3O/c1-17(2,3)14-6-7-15(21)13(10-14)11-19(4)12-16-18-8-9-20(16)5/h8-9,13-14H,6-7,10-12H2,1-5H3. The molecule has 1 aliphatic rings. The zero-order valence-electron chi connectivity index (χ0n) is 14.1. The van der Waals surface area contributed by atoms with E-state index < -0.39 is 0 Å². The molecule has 1 aromatic heterocycles. The molecule has 2 atom stereocenters. The molecular weight excluding hydrogens is 262 g/mol. The summed E-state index contributed by atoms with van der Waals surface area (Å²) in [5.74, 6) is 2.34. The predicted molar refractivity (Wildman–Crippen MR) is 84.8 cm³/mol. The van der Waals surface area contributed by atoms with Gasteiger partial charge in [-0.15, -0.1) is 0 Å². The number of aryl methyl sites for hydroxylation is 1. The van der Waals surface area contributed by atoms with Crippen molar-refractivity contribution in [2.45, 2.75) is 46.6 Å². The van der Waals surface area contributed by atoms with E-state index >= 15 is 0 Å². The van der Waals surface area contributed by atoms with E-state index in [1.54, 1.807) is 0 Å². The lowest BCUT2D eigenvalue weighted by Crippen LogP contribution is -2.38. The molecule has 1 heterocycles. The molecule has 0 radical (unpaired) electrons. The molecule has 0 aromatic carbocycles. The third-order valence-electron chi connectivity index (χ3n) is 4.85. The van der Waals surface area contributed by atoms with Crippen molar-refractivity contribution in [3.05, 3.63) is 18.2 Å². The third kappa shape index (κ3) is 4.16. The lowest BCUT2D eigenvalue weighted by molar-refractivity contribution is -0.127. The van der Waals surface area contributed by atoms with E-state index in [9.17, 15) is 4.79 Å². The molecule has 0 spiro atoms. The van der Waals surface area contributed by atoms with Crippen LogP contribution in [-0.4, -0.2) is 33.8 Å². The second-order valence-corrected chi connectivity index (χ2v) is 7.65. The fraction of sp³-hybridized carbons (Fsp3) is 0.765. The Balaban J connectivity index is 1.94. The van der Waals surface area contributed by atoms with Gasteiger partial charge in [0.1, 0.15) is 11.6 Å². The summed E-state index contributed by atoms with van der Waals surface area (Å²) in [6, 6.07) is 0. The highest BCUT2D eigenvalue weighted by atomic mass is 16.1. The summed E-state index contributed by atoms with van der Waals surface area (Å²) in [6.07, 6.45) is 6.63. The fourth-order valence-electron chi connectivity index (χ4n) is 3.31. The second kappa shape index (κ2) is 6.30. The van der Waals surface area contributed by atoms with Crippen molar-refractivity contribution in [1.82, 2.24) is 14.5 Å². The van der Waals surface area contributed by atoms with Crippen molar-refractivity contribution in [1.29, 1.82) is 0 Å². The number of Topliss-reactive ketones (excluding diaryl/α,β-unsaturated/α-hetero) is 1. The average Bonchev–Trinajstić information content (AvgIpc) is 2.76. The molecule has 0 saturated heterocycles. The van der Waals surface area contributed by atoms with Crippen molar-refractivity contribution in [3.8, 4) is 0 Å². The number of nitrogens with zero attached hydrogens (tertiary/aromatic N) is 3. The minimum absolute atomic E-state index is 0.188. The topological polar surface area (TPSA) is 38.1 Å². The normalized spacial score (nSPS) is 23.8. The van der Waals surface area contributed by atoms with E-state index in [2.05, 4.69) is 37.7 Å². The van der Waals surface area contributed by atoms with Gasteiger partial charge in [-0.3, -0.25) is 9.69 Å². The fourth-order valence-corrected chi connectivity index (χ4v) is 3.31. The molecule has 0 amide bonds. The highest BCUT2D eigenvalue weighted by molar-refractivity contribution is 5.82. The molecule has 2 rings (SSSR count). The molecule has 1 saturated carbocycles. The predicted octanol–water partition coefficient (Wildman–Crippen LogP) is 2.88. The van der Waals surface area contributed by atoms with Crippen LogP contribution in [0, 0.1) is 17.3 Å². The largest absolute Gasteiger partial charge is 0.337 e. The van der Waals surface area contributed by atoms with Crippen LogP contribution in [0.5, 0.6) is 0 Å². The molecule has 4 nitrogen and oxygen atoms in total. The molecule has 1 aromatic rings. The Labute approximate surface area is 128 Å². The number of hydrogen-bond acceptors (Lipinski definition) is 3. The summed E-state index contributed by atoms with van der Waals surface area (Å²) in [5, 5.41) is 0. The summed E-state index contributed by atoms with van der Waals surface area (Å²) >= 11 is 0. The lowest BCUT2D eigenvalue weighted by Gasteiger charge is -2.38. The Hall–Kier alpha value is -1.16. The van der Waals surface area contributed by atoms with Crippen LogP contribution >= 0.6 is 0 Å². The van der Waals surface area contributed by atoms with E-state index in [-0.39, 0.29) is 5.92 Å². The lowest BCUT2D eigenvalue weighted by atomic mass is 9.68. The molecule has 2 unspecified atom stereocenters. The Morgan fingerprint density at radius 1 is 1.43 bits per heavy atom. The highest BCUT2D eigenvalue weighted by Gasteiger charge is 2.35. The first-order chi connectivity index (χ1) is 9.77. The maximum atomic E-state index is 12.2. The van der Waals surface area contributed by atoms with Crippen molar-refractivity contribution in [3.63, 3.8) is 0 Å². The van der Waals surface area contributed by atoms with Gasteiger partial charge in [0.15, 0.2) is 0 Å². The first-order valence-electron chi connectivity index (χ1n) is 7.95. The molecule has 21 heavy (non-hydrogen) atoms. The van der Waals surface area contributed by atoms with Crippen LogP contribution in [-0.2, 0) is 18.4 Å². The van der Waals surface area contributed by atoms with Gasteiger partial charge in [-0.1, -0.05) is 20.8 Å². The van der Waals surface area contributed by atoms with Crippen LogP contribution in [0.3, 0.4) is 0 Å². The quantitative estimate of drug-likeness (QED) is 0.856. The molecule has 1 fully saturated rings. The highest BCUT2D eigenvalue weighted by Crippen LogP contribution is 2.39. The van der Waals surface area contributed by atoms with Crippen LogP contribution in [0.4, 0.5) is 0 Å². The number of imidazole rings is 1. The van der Waals surface area contributed by atoms with Crippen LogP contribution in [0.15, 0.2) is 12.4 Å². The molecule has 0 bridgehead atoms. The van der Waals surface area contributed by atoms with Gasteiger partial charge in [0.25, 0.3) is 0 Å². The van der Waals surface area contributed by atoms with Crippen LogP contribution < -0.4 is 0 Å². The number of aromatic nitrogens is 2. The van der Waals surface area contributed by atoms with Gasteiger partial charge < -0.3 is 4.57 Å². The molecule has 4 heteroatoms. The van der Waals surface area contributed by atoms with Gasteiger partial charge in [-0.25, -0.2) is 4.98 Å². The number of hydrogen-bond donors (Lipinski definition) is 0. The maximum absolute atomic E-state index is 12.2. The summed E-state index contributed by atoms with van der Waals surface area (Å²) in [4.78, 5) is 18.8. The number of rotatable bonds is 4. The summed E-state index contributed by atoms with van der Waals surface area (Å²) in [5.41, 5.74) is 0.303. The third-order valence-corrected chi connectivity index (χ3v) is 4.85. The van der Waals surface area contributed by atoms with E-state index in [1.165, 1.54) is 0 Å². The SMILES string of the molecule is CN(Cc1nccn1C)CC1CC(C(C)(C)C)CCC1=O. The second-order valence-electron chi connectivity index (χ2n) is 7.65. The van der Waals surface area contributed by atoms with Crippen LogP contribution in [0.1, 0.15) is 45.9 Å². The van der Waals surface area contributed by atoms with Gasteiger partial charge in [-0.05, 0) is 31.2 Å². The van der Waals surface area contributed by atoms with Crippen LogP contribution in [0.2, 0.25) is 0 Å². The smallest absolute Gasteiger partial charge is 0.137 e. The Morgan fingerprint density at radius 3 is 2.71 bits per heavy atom. The monoisotopic (exact) mass is 291 g/mol. The zero-order chi connectivity index (χ0) is 15.6. The Bertz CT molecular complexity index is 486. The van der Waals surface area contributed by atoms with Gasteiger partial charge >= 0.3 is 0 Å². The molecule has 118 valence electrons. The van der Waals surface area contributed by atoms with E-state index in [1.807, 2.05) is 24.0 Å². The zero-order valence-corrected chi connectivity index (χ0v) is 14.1. The Kier molecular flexibility index (Phi) is 4.87. The van der Waals surface area contributed by atoms with Crippen molar-refractivity contribution < 1.29 is 4.79 Å². The maximum Gasteiger partial charge on any atom is 0.137 e. The first-order valence-corrected chi connectivity index (χ1v) is 7.95. The Morgan fingerprint density at radius 2 is 2.14 bits per heavy atom. The van der Waals surface area contributed by atoms with Gasteiger partial charge in [0.2, 0.25) is 0 Å². The molecule has 0 N–H and O–H groups in total. The number of carbonyl (C=O) groups is 1.